The summed E-state index contributed by atoms with van der Waals surface area (Å²) in [6.45, 7) is 3.94. The van der Waals surface area contributed by atoms with Gasteiger partial charge in [-0.05, 0) is 49.6 Å². The van der Waals surface area contributed by atoms with Crippen LogP contribution >= 0.6 is 23.4 Å². The van der Waals surface area contributed by atoms with Crippen LogP contribution in [0.2, 0.25) is 5.02 Å². The predicted molar refractivity (Wildman–Crippen MR) is 88.4 cm³/mol. The Labute approximate surface area is 134 Å². The Morgan fingerprint density at radius 3 is 2.48 bits per heavy atom. The van der Waals surface area contributed by atoms with Crippen molar-refractivity contribution in [1.82, 2.24) is 0 Å². The van der Waals surface area contributed by atoms with Crippen LogP contribution < -0.4 is 0 Å². The minimum Gasteiger partial charge on any atom is -0.480 e. The molecule has 21 heavy (non-hydrogen) atoms. The topological polar surface area (TPSA) is 37.3 Å². The fraction of sp³-hybridized carbons (Fsp3) is 0.235. The number of aliphatic carboxylic acids is 1. The fourth-order valence-corrected chi connectivity index (χ4v) is 3.21. The van der Waals surface area contributed by atoms with Gasteiger partial charge in [-0.1, -0.05) is 41.4 Å². The summed E-state index contributed by atoms with van der Waals surface area (Å²) >= 11 is 7.47. The summed E-state index contributed by atoms with van der Waals surface area (Å²) in [6, 6.07) is 13.5. The van der Waals surface area contributed by atoms with Crippen molar-refractivity contribution >= 4 is 29.3 Å². The van der Waals surface area contributed by atoms with E-state index in [-0.39, 0.29) is 0 Å². The van der Waals surface area contributed by atoms with Gasteiger partial charge in [0, 0.05) is 9.92 Å². The maximum Gasteiger partial charge on any atom is 0.317 e. The van der Waals surface area contributed by atoms with E-state index in [1.807, 2.05) is 56.3 Å². The van der Waals surface area contributed by atoms with Crippen LogP contribution in [0.4, 0.5) is 0 Å². The first kappa shape index (κ1) is 15.9. The highest BCUT2D eigenvalue weighted by molar-refractivity contribution is 8.00. The number of aryl methyl sites for hydroxylation is 1. The lowest BCUT2D eigenvalue weighted by Crippen LogP contribution is -2.19. The molecule has 110 valence electrons. The van der Waals surface area contributed by atoms with Gasteiger partial charge in [0.05, 0.1) is 0 Å². The van der Waals surface area contributed by atoms with Gasteiger partial charge < -0.3 is 5.11 Å². The first-order valence-corrected chi connectivity index (χ1v) is 7.93. The molecule has 0 saturated carbocycles. The third kappa shape index (κ3) is 4.26. The third-order valence-electron chi connectivity index (χ3n) is 3.36. The van der Waals surface area contributed by atoms with Crippen LogP contribution in [0.5, 0.6) is 0 Å². The molecule has 1 N–H and O–H groups in total. The second-order valence-electron chi connectivity index (χ2n) is 4.99. The van der Waals surface area contributed by atoms with Crippen LogP contribution in [-0.4, -0.2) is 16.3 Å². The SMILES string of the molecule is Cc1ccc(S[C@@H](Cc2cccc(Cl)c2C)C(=O)O)cc1. The average molecular weight is 321 g/mol. The fourth-order valence-electron chi connectivity index (χ4n) is 2.03. The number of carboxylic acids is 1. The molecule has 0 aliphatic carbocycles. The Balaban J connectivity index is 2.18. The van der Waals surface area contributed by atoms with Crippen LogP contribution in [0.3, 0.4) is 0 Å². The molecule has 4 heteroatoms. The lowest BCUT2D eigenvalue weighted by molar-refractivity contribution is -0.136. The monoisotopic (exact) mass is 320 g/mol. The predicted octanol–water partition coefficient (Wildman–Crippen LogP) is 4.74. The second kappa shape index (κ2) is 7.01. The highest BCUT2D eigenvalue weighted by atomic mass is 35.5. The summed E-state index contributed by atoms with van der Waals surface area (Å²) in [5, 5.41) is 9.61. The number of hydrogen-bond donors (Lipinski definition) is 1. The van der Waals surface area contributed by atoms with Crippen LogP contribution in [0.15, 0.2) is 47.4 Å². The number of halogens is 1. The molecule has 2 aromatic carbocycles. The molecule has 0 amide bonds. The molecule has 0 bridgehead atoms. The molecule has 0 aliphatic heterocycles. The van der Waals surface area contributed by atoms with E-state index in [1.165, 1.54) is 11.8 Å². The molecular formula is C17H17ClO2S. The van der Waals surface area contributed by atoms with Crippen LogP contribution in [-0.2, 0) is 11.2 Å². The summed E-state index contributed by atoms with van der Waals surface area (Å²) in [5.74, 6) is -0.806. The van der Waals surface area contributed by atoms with Gasteiger partial charge in [-0.2, -0.15) is 0 Å². The van der Waals surface area contributed by atoms with Gasteiger partial charge in [0.15, 0.2) is 0 Å². The number of thioether (sulfide) groups is 1. The van der Waals surface area contributed by atoms with Gasteiger partial charge in [-0.3, -0.25) is 4.79 Å². The van der Waals surface area contributed by atoms with Crippen LogP contribution in [0, 0.1) is 13.8 Å². The standard InChI is InChI=1S/C17H17ClO2S/c1-11-6-8-14(9-7-11)21-16(17(19)20)10-13-4-3-5-15(18)12(13)2/h3-9,16H,10H2,1-2H3,(H,19,20)/t16-/m0/s1. The van der Waals surface area contributed by atoms with Gasteiger partial charge in [-0.15, -0.1) is 11.8 Å². The molecule has 0 radical (unpaired) electrons. The van der Waals surface area contributed by atoms with E-state index in [2.05, 4.69) is 0 Å². The number of carbonyl (C=O) groups is 1. The molecule has 0 saturated heterocycles. The Morgan fingerprint density at radius 1 is 1.19 bits per heavy atom. The number of benzene rings is 2. The van der Waals surface area contributed by atoms with Gasteiger partial charge in [0.25, 0.3) is 0 Å². The zero-order valence-corrected chi connectivity index (χ0v) is 13.5. The highest BCUT2D eigenvalue weighted by Crippen LogP contribution is 2.28. The van der Waals surface area contributed by atoms with E-state index >= 15 is 0 Å². The summed E-state index contributed by atoms with van der Waals surface area (Å²) < 4.78 is 0. The maximum atomic E-state index is 11.5. The number of carboxylic acid groups (broad SMARTS) is 1. The molecule has 0 aromatic heterocycles. The van der Waals surface area contributed by atoms with E-state index in [4.69, 9.17) is 11.6 Å². The highest BCUT2D eigenvalue weighted by Gasteiger charge is 2.20. The smallest absolute Gasteiger partial charge is 0.317 e. The van der Waals surface area contributed by atoms with Gasteiger partial charge in [-0.25, -0.2) is 0 Å². The van der Waals surface area contributed by atoms with Crippen molar-refractivity contribution in [3.8, 4) is 0 Å². The van der Waals surface area contributed by atoms with E-state index in [1.54, 1.807) is 0 Å². The van der Waals surface area contributed by atoms with Crippen molar-refractivity contribution in [2.45, 2.75) is 30.4 Å². The summed E-state index contributed by atoms with van der Waals surface area (Å²) in [6.07, 6.45) is 0.459. The lowest BCUT2D eigenvalue weighted by Gasteiger charge is -2.14. The molecular weight excluding hydrogens is 304 g/mol. The van der Waals surface area contributed by atoms with Crippen LogP contribution in [0.1, 0.15) is 16.7 Å². The molecule has 0 unspecified atom stereocenters. The quantitative estimate of drug-likeness (QED) is 0.808. The maximum absolute atomic E-state index is 11.5. The Bertz CT molecular complexity index is 638. The Kier molecular flexibility index (Phi) is 5.32. The van der Waals surface area contributed by atoms with Crippen molar-refractivity contribution < 1.29 is 9.90 Å². The Hall–Kier alpha value is -1.45. The zero-order valence-electron chi connectivity index (χ0n) is 12.0. The van der Waals surface area contributed by atoms with E-state index in [0.29, 0.717) is 11.4 Å². The summed E-state index contributed by atoms with van der Waals surface area (Å²) in [4.78, 5) is 12.5. The molecule has 0 heterocycles. The molecule has 1 atom stereocenters. The van der Waals surface area contributed by atoms with Gasteiger partial charge >= 0.3 is 5.97 Å². The van der Waals surface area contributed by atoms with Crippen LogP contribution in [0.25, 0.3) is 0 Å². The molecule has 2 nitrogen and oxygen atoms in total. The van der Waals surface area contributed by atoms with Crippen molar-refractivity contribution in [1.29, 1.82) is 0 Å². The third-order valence-corrected chi connectivity index (χ3v) is 4.97. The van der Waals surface area contributed by atoms with E-state index in [9.17, 15) is 9.90 Å². The molecule has 2 rings (SSSR count). The average Bonchev–Trinajstić information content (AvgIpc) is 2.45. The molecule has 0 aliphatic rings. The first-order chi connectivity index (χ1) is 9.97. The van der Waals surface area contributed by atoms with Crippen molar-refractivity contribution in [2.24, 2.45) is 0 Å². The van der Waals surface area contributed by atoms with Gasteiger partial charge in [0.2, 0.25) is 0 Å². The minimum atomic E-state index is -0.806. The number of hydrogen-bond acceptors (Lipinski definition) is 2. The number of rotatable bonds is 5. The summed E-state index contributed by atoms with van der Waals surface area (Å²) in [5.41, 5.74) is 3.10. The normalized spacial score (nSPS) is 12.1. The molecule has 0 fully saturated rings. The molecule has 0 spiro atoms. The van der Waals surface area contributed by atoms with E-state index < -0.39 is 11.2 Å². The van der Waals surface area contributed by atoms with E-state index in [0.717, 1.165) is 21.6 Å². The first-order valence-electron chi connectivity index (χ1n) is 6.67. The van der Waals surface area contributed by atoms with Crippen molar-refractivity contribution in [2.75, 3.05) is 0 Å². The zero-order chi connectivity index (χ0) is 15.4. The lowest BCUT2D eigenvalue weighted by atomic mass is 10.0. The van der Waals surface area contributed by atoms with Crippen molar-refractivity contribution in [3.05, 3.63) is 64.2 Å². The second-order valence-corrected chi connectivity index (χ2v) is 6.67. The molecule has 2 aromatic rings. The minimum absolute atomic E-state index is 0.459. The Morgan fingerprint density at radius 2 is 1.86 bits per heavy atom. The van der Waals surface area contributed by atoms with Gasteiger partial charge in [0.1, 0.15) is 5.25 Å². The van der Waals surface area contributed by atoms with Crippen molar-refractivity contribution in [3.63, 3.8) is 0 Å². The largest absolute Gasteiger partial charge is 0.480 e. The summed E-state index contributed by atoms with van der Waals surface area (Å²) in [7, 11) is 0.